The van der Waals surface area contributed by atoms with E-state index < -0.39 is 20.9 Å². The lowest BCUT2D eigenvalue weighted by Gasteiger charge is -2.15. The molecule has 2 rings (SSSR count). The van der Waals surface area contributed by atoms with Gasteiger partial charge in [-0.2, -0.15) is 0 Å². The van der Waals surface area contributed by atoms with Crippen molar-refractivity contribution in [2.24, 2.45) is 0 Å². The van der Waals surface area contributed by atoms with Crippen molar-refractivity contribution < 1.29 is 18.1 Å². The molecule has 1 aromatic heterocycles. The Labute approximate surface area is 155 Å². The first-order valence-corrected chi connectivity index (χ1v) is 9.88. The molecule has 1 amide bonds. The number of carbonyl (C=O) groups is 1. The van der Waals surface area contributed by atoms with Gasteiger partial charge in [-0.15, -0.1) is 11.3 Å². The summed E-state index contributed by atoms with van der Waals surface area (Å²) in [4.78, 5) is 23.6. The Kier molecular flexibility index (Phi) is 5.79. The molecule has 0 fully saturated rings. The van der Waals surface area contributed by atoms with Gasteiger partial charge in [-0.1, -0.05) is 12.1 Å². The van der Waals surface area contributed by atoms with E-state index in [0.717, 1.165) is 21.2 Å². The maximum Gasteiger partial charge on any atom is 0.283 e. The van der Waals surface area contributed by atoms with Crippen LogP contribution in [0.1, 0.15) is 33.1 Å². The highest BCUT2D eigenvalue weighted by atomic mass is 32.2. The smallest absolute Gasteiger partial charge is 0.283 e. The molecule has 0 aliphatic heterocycles. The Morgan fingerprint density at radius 3 is 2.31 bits per heavy atom. The summed E-state index contributed by atoms with van der Waals surface area (Å²) in [6.45, 7) is 3.34. The quantitative estimate of drug-likeness (QED) is 0.595. The Morgan fingerprint density at radius 1 is 1.27 bits per heavy atom. The summed E-state index contributed by atoms with van der Waals surface area (Å²) in [7, 11) is -0.606. The van der Waals surface area contributed by atoms with Crippen LogP contribution in [0.15, 0.2) is 35.2 Å². The monoisotopic (exact) mass is 397 g/mol. The van der Waals surface area contributed by atoms with Crippen LogP contribution in [0.3, 0.4) is 0 Å². The predicted molar refractivity (Wildman–Crippen MR) is 98.9 cm³/mol. The number of amides is 1. The molecule has 0 spiro atoms. The zero-order chi connectivity index (χ0) is 19.6. The summed E-state index contributed by atoms with van der Waals surface area (Å²) in [6.07, 6.45) is 0. The van der Waals surface area contributed by atoms with Gasteiger partial charge >= 0.3 is 0 Å². The zero-order valence-corrected chi connectivity index (χ0v) is 16.3. The number of carbonyl (C=O) groups excluding carboxylic acids is 1. The summed E-state index contributed by atoms with van der Waals surface area (Å²) >= 11 is 1.06. The van der Waals surface area contributed by atoms with Crippen LogP contribution >= 0.6 is 11.3 Å². The lowest BCUT2D eigenvalue weighted by atomic mass is 10.1. The third-order valence-electron chi connectivity index (χ3n) is 3.82. The maximum absolute atomic E-state index is 12.3. The second kappa shape index (κ2) is 7.52. The summed E-state index contributed by atoms with van der Waals surface area (Å²) in [6, 6.07) is 7.09. The number of benzene rings is 1. The van der Waals surface area contributed by atoms with Gasteiger partial charge in [0.2, 0.25) is 10.0 Å². The van der Waals surface area contributed by atoms with Crippen LogP contribution in [0.2, 0.25) is 0 Å². The summed E-state index contributed by atoms with van der Waals surface area (Å²) in [5.74, 6) is -0.413. The minimum absolute atomic E-state index is 0.0777. The molecule has 1 heterocycles. The van der Waals surface area contributed by atoms with Crippen LogP contribution in [-0.2, 0) is 10.0 Å². The molecule has 0 unspecified atom stereocenters. The van der Waals surface area contributed by atoms with Crippen molar-refractivity contribution >= 4 is 33.0 Å². The number of rotatable bonds is 6. The van der Waals surface area contributed by atoms with Crippen LogP contribution in [0, 0.1) is 17.0 Å². The van der Waals surface area contributed by atoms with Crippen molar-refractivity contribution in [2.75, 3.05) is 14.1 Å². The van der Waals surface area contributed by atoms with E-state index in [0.29, 0.717) is 4.88 Å². The van der Waals surface area contributed by atoms with Gasteiger partial charge in [0.15, 0.2) is 0 Å². The number of nitro groups is 1. The van der Waals surface area contributed by atoms with Crippen LogP contribution in [-0.4, -0.2) is 37.6 Å². The Bertz CT molecular complexity index is 933. The first kappa shape index (κ1) is 20.0. The second-order valence-corrected chi connectivity index (χ2v) is 9.27. The molecule has 0 saturated carbocycles. The number of hydrogen-bond donors (Lipinski definition) is 1. The van der Waals surface area contributed by atoms with E-state index in [1.807, 2.05) is 0 Å². The van der Waals surface area contributed by atoms with Crippen LogP contribution in [0.25, 0.3) is 0 Å². The molecule has 1 atom stereocenters. The van der Waals surface area contributed by atoms with E-state index >= 15 is 0 Å². The van der Waals surface area contributed by atoms with Crippen molar-refractivity contribution in [3.05, 3.63) is 55.8 Å². The Balaban J connectivity index is 2.15. The molecule has 0 radical (unpaired) electrons. The van der Waals surface area contributed by atoms with Crippen molar-refractivity contribution in [1.29, 1.82) is 0 Å². The minimum Gasteiger partial charge on any atom is -0.345 e. The van der Waals surface area contributed by atoms with E-state index in [1.54, 1.807) is 26.0 Å². The van der Waals surface area contributed by atoms with Crippen molar-refractivity contribution in [2.45, 2.75) is 24.8 Å². The van der Waals surface area contributed by atoms with E-state index in [-0.39, 0.29) is 21.5 Å². The van der Waals surface area contributed by atoms with Gasteiger partial charge in [0, 0.05) is 20.2 Å². The fourth-order valence-electron chi connectivity index (χ4n) is 2.26. The molecule has 0 saturated heterocycles. The molecule has 8 nitrogen and oxygen atoms in total. The van der Waals surface area contributed by atoms with Crippen molar-refractivity contribution in [1.82, 2.24) is 9.62 Å². The van der Waals surface area contributed by atoms with Crippen molar-refractivity contribution in [3.63, 3.8) is 0 Å². The summed E-state index contributed by atoms with van der Waals surface area (Å²) < 4.78 is 25.3. The third-order valence-corrected chi connectivity index (χ3v) is 6.69. The SMILES string of the molecule is Cc1sc(C(=O)N[C@H](C)c2ccc(S(=O)(=O)N(C)C)cc2)cc1[N+](=O)[O-]. The molecule has 0 bridgehead atoms. The normalized spacial score (nSPS) is 12.8. The van der Waals surface area contributed by atoms with E-state index in [4.69, 9.17) is 0 Å². The number of thiophene rings is 1. The first-order chi connectivity index (χ1) is 12.0. The van der Waals surface area contributed by atoms with E-state index in [1.165, 1.54) is 32.3 Å². The Hall–Kier alpha value is -2.30. The van der Waals surface area contributed by atoms with Gasteiger partial charge in [0.25, 0.3) is 11.6 Å². The van der Waals surface area contributed by atoms with Gasteiger partial charge in [-0.05, 0) is 31.5 Å². The predicted octanol–water partition coefficient (Wildman–Crippen LogP) is 2.71. The van der Waals surface area contributed by atoms with E-state index in [9.17, 15) is 23.3 Å². The number of hydrogen-bond acceptors (Lipinski definition) is 6. The zero-order valence-electron chi connectivity index (χ0n) is 14.7. The van der Waals surface area contributed by atoms with Crippen LogP contribution in [0.4, 0.5) is 5.69 Å². The average molecular weight is 397 g/mol. The fraction of sp³-hybridized carbons (Fsp3) is 0.312. The molecular formula is C16H19N3O5S2. The molecule has 2 aromatic rings. The van der Waals surface area contributed by atoms with E-state index in [2.05, 4.69) is 5.32 Å². The van der Waals surface area contributed by atoms with Gasteiger partial charge in [-0.3, -0.25) is 14.9 Å². The minimum atomic E-state index is -3.51. The highest BCUT2D eigenvalue weighted by Crippen LogP contribution is 2.28. The standard InChI is InChI=1S/C16H19N3O5S2/c1-10(12-5-7-13(8-6-12)26(23,24)18(3)4)17-16(20)15-9-14(19(21)22)11(2)25-15/h5-10H,1-4H3,(H,17,20)/t10-/m1/s1. The average Bonchev–Trinajstić information content (AvgIpc) is 2.97. The van der Waals surface area contributed by atoms with Crippen LogP contribution in [0.5, 0.6) is 0 Å². The second-order valence-electron chi connectivity index (χ2n) is 5.86. The largest absolute Gasteiger partial charge is 0.345 e. The fourth-order valence-corrected chi connectivity index (χ4v) is 4.05. The molecule has 26 heavy (non-hydrogen) atoms. The van der Waals surface area contributed by atoms with Gasteiger partial charge in [0.1, 0.15) is 0 Å². The van der Waals surface area contributed by atoms with Gasteiger partial charge in [0.05, 0.1) is 25.6 Å². The molecule has 1 aromatic carbocycles. The number of nitrogens with zero attached hydrogens (tertiary/aromatic N) is 2. The highest BCUT2D eigenvalue weighted by molar-refractivity contribution is 7.89. The Morgan fingerprint density at radius 2 is 1.85 bits per heavy atom. The third kappa shape index (κ3) is 4.09. The molecule has 10 heteroatoms. The molecular weight excluding hydrogens is 378 g/mol. The lowest BCUT2D eigenvalue weighted by Crippen LogP contribution is -2.26. The summed E-state index contributed by atoms with van der Waals surface area (Å²) in [5, 5.41) is 13.7. The molecule has 140 valence electrons. The van der Waals surface area contributed by atoms with Gasteiger partial charge in [-0.25, -0.2) is 12.7 Å². The maximum atomic E-state index is 12.3. The molecule has 0 aliphatic rings. The number of aryl methyl sites for hydroxylation is 1. The molecule has 1 N–H and O–H groups in total. The number of sulfonamides is 1. The molecule has 0 aliphatic carbocycles. The number of nitrogens with one attached hydrogen (secondary N) is 1. The highest BCUT2D eigenvalue weighted by Gasteiger charge is 2.21. The topological polar surface area (TPSA) is 110 Å². The van der Waals surface area contributed by atoms with Crippen LogP contribution < -0.4 is 5.32 Å². The first-order valence-electron chi connectivity index (χ1n) is 7.62. The van der Waals surface area contributed by atoms with Gasteiger partial charge < -0.3 is 5.32 Å². The lowest BCUT2D eigenvalue weighted by molar-refractivity contribution is -0.385. The van der Waals surface area contributed by atoms with Crippen molar-refractivity contribution in [3.8, 4) is 0 Å². The summed E-state index contributed by atoms with van der Waals surface area (Å²) in [5.41, 5.74) is 0.643.